The van der Waals surface area contributed by atoms with E-state index in [1.54, 1.807) is 38.2 Å². The second-order valence-corrected chi connectivity index (χ2v) is 6.63. The number of rotatable bonds is 5. The Morgan fingerprint density at radius 1 is 1.48 bits per heavy atom. The summed E-state index contributed by atoms with van der Waals surface area (Å²) in [6.45, 7) is 1.80. The molecular formula is C13H13N5OS2. The Labute approximate surface area is 130 Å². The number of thioether (sulfide) groups is 1. The predicted octanol–water partition coefficient (Wildman–Crippen LogP) is 2.57. The fourth-order valence-electron chi connectivity index (χ4n) is 1.47. The number of amides is 1. The van der Waals surface area contributed by atoms with Crippen LogP contribution in [-0.4, -0.2) is 28.4 Å². The average Bonchev–Trinajstić information content (AvgIpc) is 2.95. The van der Waals surface area contributed by atoms with Gasteiger partial charge in [-0.15, -0.1) is 10.2 Å². The third-order valence-electron chi connectivity index (χ3n) is 2.53. The maximum atomic E-state index is 12.1. The van der Waals surface area contributed by atoms with Gasteiger partial charge in [0.1, 0.15) is 0 Å². The molecule has 21 heavy (non-hydrogen) atoms. The van der Waals surface area contributed by atoms with Crippen LogP contribution in [0.2, 0.25) is 0 Å². The standard InChI is InChI=1S/C13H13N5OS2/c1-8(20-13-18-17-12(15-2)21-13)11(19)16-10-5-3-4-9(6-10)7-14/h3-6,8H,1-2H3,(H,15,17)(H,16,19)/t8-/m1/s1. The average molecular weight is 319 g/mol. The largest absolute Gasteiger partial charge is 0.363 e. The molecule has 0 bridgehead atoms. The van der Waals surface area contributed by atoms with Crippen molar-refractivity contribution in [1.29, 1.82) is 5.26 Å². The molecule has 108 valence electrons. The number of hydrogen-bond donors (Lipinski definition) is 2. The van der Waals surface area contributed by atoms with Gasteiger partial charge in [-0.05, 0) is 25.1 Å². The lowest BCUT2D eigenvalue weighted by Crippen LogP contribution is -2.22. The summed E-state index contributed by atoms with van der Waals surface area (Å²) >= 11 is 2.74. The maximum Gasteiger partial charge on any atom is 0.237 e. The van der Waals surface area contributed by atoms with Crippen LogP contribution in [-0.2, 0) is 4.79 Å². The maximum absolute atomic E-state index is 12.1. The van der Waals surface area contributed by atoms with Gasteiger partial charge in [-0.25, -0.2) is 0 Å². The summed E-state index contributed by atoms with van der Waals surface area (Å²) in [7, 11) is 1.77. The monoisotopic (exact) mass is 319 g/mol. The van der Waals surface area contributed by atoms with E-state index in [9.17, 15) is 4.79 Å². The lowest BCUT2D eigenvalue weighted by Gasteiger charge is -2.10. The molecule has 0 unspecified atom stereocenters. The number of nitrogens with zero attached hydrogens (tertiary/aromatic N) is 3. The van der Waals surface area contributed by atoms with Gasteiger partial charge in [-0.3, -0.25) is 4.79 Å². The van der Waals surface area contributed by atoms with Gasteiger partial charge in [0.05, 0.1) is 16.9 Å². The lowest BCUT2D eigenvalue weighted by atomic mass is 10.2. The topological polar surface area (TPSA) is 90.7 Å². The van der Waals surface area contributed by atoms with Gasteiger partial charge in [-0.2, -0.15) is 5.26 Å². The second-order valence-electron chi connectivity index (χ2n) is 4.07. The van der Waals surface area contributed by atoms with Crippen molar-refractivity contribution in [3.63, 3.8) is 0 Å². The number of benzene rings is 1. The van der Waals surface area contributed by atoms with Gasteiger partial charge in [-0.1, -0.05) is 29.2 Å². The quantitative estimate of drug-likeness (QED) is 0.823. The molecule has 1 aromatic carbocycles. The van der Waals surface area contributed by atoms with Crippen molar-refractivity contribution >= 4 is 39.8 Å². The van der Waals surface area contributed by atoms with Crippen LogP contribution in [0.5, 0.6) is 0 Å². The highest BCUT2D eigenvalue weighted by Gasteiger charge is 2.17. The van der Waals surface area contributed by atoms with E-state index in [-0.39, 0.29) is 11.2 Å². The number of carbonyl (C=O) groups excluding carboxylic acids is 1. The van der Waals surface area contributed by atoms with Crippen LogP contribution in [0.3, 0.4) is 0 Å². The molecule has 0 aliphatic rings. The van der Waals surface area contributed by atoms with Gasteiger partial charge in [0.15, 0.2) is 4.34 Å². The van der Waals surface area contributed by atoms with Crippen molar-refractivity contribution in [2.75, 3.05) is 17.7 Å². The van der Waals surface area contributed by atoms with Crippen LogP contribution in [0, 0.1) is 11.3 Å². The Morgan fingerprint density at radius 3 is 2.95 bits per heavy atom. The molecule has 8 heteroatoms. The van der Waals surface area contributed by atoms with Crippen LogP contribution >= 0.6 is 23.1 Å². The Kier molecular flexibility index (Phi) is 5.14. The second kappa shape index (κ2) is 7.06. The first kappa shape index (κ1) is 15.3. The van der Waals surface area contributed by atoms with Gasteiger partial charge in [0.25, 0.3) is 0 Å². The van der Waals surface area contributed by atoms with E-state index in [0.717, 1.165) is 4.34 Å². The molecule has 0 saturated heterocycles. The zero-order valence-corrected chi connectivity index (χ0v) is 13.1. The fourth-order valence-corrected chi connectivity index (χ4v) is 3.32. The van der Waals surface area contributed by atoms with E-state index >= 15 is 0 Å². The van der Waals surface area contributed by atoms with E-state index < -0.39 is 0 Å². The minimum Gasteiger partial charge on any atom is -0.363 e. The molecule has 6 nitrogen and oxygen atoms in total. The highest BCUT2D eigenvalue weighted by molar-refractivity contribution is 8.02. The first-order valence-electron chi connectivity index (χ1n) is 6.11. The molecule has 2 aromatic rings. The van der Waals surface area contributed by atoms with Crippen molar-refractivity contribution in [2.24, 2.45) is 0 Å². The smallest absolute Gasteiger partial charge is 0.237 e. The lowest BCUT2D eigenvalue weighted by molar-refractivity contribution is -0.115. The van der Waals surface area contributed by atoms with Crippen LogP contribution in [0.1, 0.15) is 12.5 Å². The molecule has 0 spiro atoms. The van der Waals surface area contributed by atoms with Crippen molar-refractivity contribution < 1.29 is 4.79 Å². The molecule has 1 amide bonds. The molecule has 0 radical (unpaired) electrons. The summed E-state index contributed by atoms with van der Waals surface area (Å²) in [6.07, 6.45) is 0. The highest BCUT2D eigenvalue weighted by Crippen LogP contribution is 2.29. The normalized spacial score (nSPS) is 11.5. The molecule has 0 aliphatic heterocycles. The number of hydrogen-bond acceptors (Lipinski definition) is 7. The van der Waals surface area contributed by atoms with Gasteiger partial charge in [0, 0.05) is 12.7 Å². The van der Waals surface area contributed by atoms with Crippen LogP contribution < -0.4 is 10.6 Å². The Morgan fingerprint density at radius 2 is 2.29 bits per heavy atom. The first-order valence-corrected chi connectivity index (χ1v) is 7.81. The minimum absolute atomic E-state index is 0.142. The SMILES string of the molecule is CNc1nnc(S[C@H](C)C(=O)Nc2cccc(C#N)c2)s1. The van der Waals surface area contributed by atoms with Gasteiger partial charge < -0.3 is 10.6 Å². The van der Waals surface area contributed by atoms with Crippen molar-refractivity contribution in [3.05, 3.63) is 29.8 Å². The molecule has 0 fully saturated rings. The molecule has 1 aromatic heterocycles. The van der Waals surface area contributed by atoms with E-state index in [1.807, 2.05) is 6.07 Å². The summed E-state index contributed by atoms with van der Waals surface area (Å²) in [5, 5.41) is 22.8. The van der Waals surface area contributed by atoms with E-state index in [0.29, 0.717) is 16.4 Å². The fraction of sp³-hybridized carbons (Fsp3) is 0.231. The van der Waals surface area contributed by atoms with Crippen molar-refractivity contribution in [2.45, 2.75) is 16.5 Å². The molecule has 2 rings (SSSR count). The predicted molar refractivity (Wildman–Crippen MR) is 84.6 cm³/mol. The van der Waals surface area contributed by atoms with Crippen molar-refractivity contribution in [1.82, 2.24) is 10.2 Å². The third kappa shape index (κ3) is 4.18. The first-order chi connectivity index (χ1) is 10.1. The van der Waals surface area contributed by atoms with E-state index in [2.05, 4.69) is 20.8 Å². The van der Waals surface area contributed by atoms with E-state index in [1.165, 1.54) is 23.1 Å². The molecule has 1 heterocycles. The molecular weight excluding hydrogens is 306 g/mol. The van der Waals surface area contributed by atoms with E-state index in [4.69, 9.17) is 5.26 Å². The zero-order chi connectivity index (χ0) is 15.2. The summed E-state index contributed by atoms with van der Waals surface area (Å²) in [5.74, 6) is -0.142. The van der Waals surface area contributed by atoms with Crippen LogP contribution in [0.25, 0.3) is 0 Å². The van der Waals surface area contributed by atoms with Crippen LogP contribution in [0.4, 0.5) is 10.8 Å². The minimum atomic E-state index is -0.312. The third-order valence-corrected chi connectivity index (χ3v) is 4.65. The number of nitrogens with one attached hydrogen (secondary N) is 2. The number of carbonyl (C=O) groups is 1. The Hall–Kier alpha value is -2.11. The number of nitriles is 1. The van der Waals surface area contributed by atoms with Crippen molar-refractivity contribution in [3.8, 4) is 6.07 Å². The van der Waals surface area contributed by atoms with Gasteiger partial charge >= 0.3 is 0 Å². The summed E-state index contributed by atoms with van der Waals surface area (Å²) in [5.41, 5.74) is 1.12. The number of anilines is 2. The zero-order valence-electron chi connectivity index (χ0n) is 11.5. The highest BCUT2D eigenvalue weighted by atomic mass is 32.2. The summed E-state index contributed by atoms with van der Waals surface area (Å²) in [6, 6.07) is 8.85. The molecule has 1 atom stereocenters. The molecule has 0 aliphatic carbocycles. The summed E-state index contributed by atoms with van der Waals surface area (Å²) in [4.78, 5) is 12.1. The summed E-state index contributed by atoms with van der Waals surface area (Å²) < 4.78 is 0.729. The van der Waals surface area contributed by atoms with Gasteiger partial charge in [0.2, 0.25) is 11.0 Å². The van der Waals surface area contributed by atoms with Crippen LogP contribution in [0.15, 0.2) is 28.6 Å². The molecule has 2 N–H and O–H groups in total. The Bertz CT molecular complexity index is 679. The Balaban J connectivity index is 1.97. The molecule has 0 saturated carbocycles. The number of aromatic nitrogens is 2.